The maximum Gasteiger partial charge on any atom is 0.0192 e. The monoisotopic (exact) mass is 417 g/mol. The van der Waals surface area contributed by atoms with E-state index in [1.54, 1.807) is 0 Å². The van der Waals surface area contributed by atoms with Crippen molar-refractivity contribution in [2.45, 2.75) is 33.6 Å². The average molecular weight is 417 g/mol. The van der Waals surface area contributed by atoms with Gasteiger partial charge >= 0.3 is 0 Å². The number of pyridine rings is 1. The topological polar surface area (TPSA) is 12.9 Å². The number of benzene rings is 1. The Bertz CT molecular complexity index is 515. The van der Waals surface area contributed by atoms with Gasteiger partial charge in [-0.05, 0) is 25.1 Å². The van der Waals surface area contributed by atoms with E-state index in [9.17, 15) is 0 Å². The molecular formula is C16H18IrN-. The molecule has 1 aromatic carbocycles. The Morgan fingerprint density at radius 3 is 2.33 bits per heavy atom. The Hall–Kier alpha value is -0.981. The number of hydrogen-bond donors (Lipinski definition) is 0. The van der Waals surface area contributed by atoms with Crippen molar-refractivity contribution in [3.8, 4) is 11.3 Å². The molecule has 2 rings (SSSR count). The molecular weight excluding hydrogens is 398 g/mol. The molecule has 0 atom stereocenters. The Kier molecular flexibility index (Phi) is 5.25. The van der Waals surface area contributed by atoms with Gasteiger partial charge in [0, 0.05) is 26.3 Å². The molecule has 1 nitrogen and oxygen atoms in total. The summed E-state index contributed by atoms with van der Waals surface area (Å²) in [5.41, 5.74) is 5.89. The van der Waals surface area contributed by atoms with Gasteiger partial charge < -0.3 is 4.98 Å². The molecule has 1 radical (unpaired) electrons. The third-order valence-corrected chi connectivity index (χ3v) is 3.15. The standard InChI is InChI=1S/C16H18N.Ir/c1-11(2)14-5-7-15(8-6-14)16-9-12(3)13(4)10-17-16;/h5-7,9-11H,1-4H3;/q-1;. The van der Waals surface area contributed by atoms with E-state index in [4.69, 9.17) is 0 Å². The van der Waals surface area contributed by atoms with Crippen LogP contribution in [0.3, 0.4) is 0 Å². The molecule has 0 amide bonds. The van der Waals surface area contributed by atoms with E-state index < -0.39 is 0 Å². The van der Waals surface area contributed by atoms with Crippen LogP contribution >= 0.6 is 0 Å². The first-order valence-corrected chi connectivity index (χ1v) is 6.03. The molecule has 0 unspecified atom stereocenters. The van der Waals surface area contributed by atoms with Crippen molar-refractivity contribution >= 4 is 0 Å². The summed E-state index contributed by atoms with van der Waals surface area (Å²) in [5, 5.41) is 0. The number of hydrogen-bond acceptors (Lipinski definition) is 1. The normalized spacial score (nSPS) is 10.3. The van der Waals surface area contributed by atoms with Crippen LogP contribution in [-0.4, -0.2) is 4.98 Å². The predicted molar refractivity (Wildman–Crippen MR) is 72.1 cm³/mol. The van der Waals surface area contributed by atoms with Crippen LogP contribution in [-0.2, 0) is 20.1 Å². The van der Waals surface area contributed by atoms with Crippen molar-refractivity contribution in [2.24, 2.45) is 0 Å². The molecule has 1 heterocycles. The summed E-state index contributed by atoms with van der Waals surface area (Å²) in [5.74, 6) is 0.549. The molecule has 0 aliphatic carbocycles. The molecule has 97 valence electrons. The first kappa shape index (κ1) is 15.1. The summed E-state index contributed by atoms with van der Waals surface area (Å²) in [6.07, 6.45) is 1.93. The van der Waals surface area contributed by atoms with Gasteiger partial charge in [0.15, 0.2) is 0 Å². The molecule has 1 aromatic heterocycles. The largest absolute Gasteiger partial charge is 0.304 e. The second kappa shape index (κ2) is 6.26. The second-order valence-corrected chi connectivity index (χ2v) is 4.84. The van der Waals surface area contributed by atoms with Crippen molar-refractivity contribution in [1.82, 2.24) is 4.98 Å². The molecule has 2 heteroatoms. The van der Waals surface area contributed by atoms with Crippen LogP contribution in [0, 0.1) is 19.9 Å². The van der Waals surface area contributed by atoms with E-state index in [0.717, 1.165) is 11.3 Å². The molecule has 0 bridgehead atoms. The SMILES string of the molecule is Cc1cnc(-c2[c-]cc(C(C)C)cc2)cc1C.[Ir]. The fraction of sp³-hybridized carbons (Fsp3) is 0.312. The molecule has 0 aliphatic heterocycles. The van der Waals surface area contributed by atoms with Crippen LogP contribution in [0.25, 0.3) is 11.3 Å². The smallest absolute Gasteiger partial charge is 0.0192 e. The number of aryl methyl sites for hydroxylation is 2. The van der Waals surface area contributed by atoms with Gasteiger partial charge in [0.25, 0.3) is 0 Å². The Labute approximate surface area is 123 Å². The third kappa shape index (κ3) is 3.28. The Morgan fingerprint density at radius 2 is 1.83 bits per heavy atom. The zero-order chi connectivity index (χ0) is 12.4. The Balaban J connectivity index is 0.00000162. The van der Waals surface area contributed by atoms with Crippen LogP contribution in [0.15, 0.2) is 30.5 Å². The molecule has 0 fully saturated rings. The molecule has 0 spiro atoms. The van der Waals surface area contributed by atoms with E-state index in [0.29, 0.717) is 5.92 Å². The first-order valence-electron chi connectivity index (χ1n) is 6.03. The Morgan fingerprint density at radius 1 is 1.11 bits per heavy atom. The van der Waals surface area contributed by atoms with Crippen molar-refractivity contribution < 1.29 is 20.1 Å². The zero-order valence-electron chi connectivity index (χ0n) is 11.2. The van der Waals surface area contributed by atoms with Gasteiger partial charge in [-0.25, -0.2) is 0 Å². The molecule has 2 aromatic rings. The average Bonchev–Trinajstić information content (AvgIpc) is 2.33. The summed E-state index contributed by atoms with van der Waals surface area (Å²) in [6.45, 7) is 8.58. The number of aromatic nitrogens is 1. The summed E-state index contributed by atoms with van der Waals surface area (Å²) < 4.78 is 0. The minimum atomic E-state index is 0. The molecule has 18 heavy (non-hydrogen) atoms. The summed E-state index contributed by atoms with van der Waals surface area (Å²) >= 11 is 0. The zero-order valence-corrected chi connectivity index (χ0v) is 13.6. The van der Waals surface area contributed by atoms with E-state index in [1.165, 1.54) is 16.7 Å². The van der Waals surface area contributed by atoms with Crippen LogP contribution in [0.5, 0.6) is 0 Å². The van der Waals surface area contributed by atoms with Crippen molar-refractivity contribution in [1.29, 1.82) is 0 Å². The van der Waals surface area contributed by atoms with Gasteiger partial charge in [0.05, 0.1) is 0 Å². The van der Waals surface area contributed by atoms with Gasteiger partial charge in [-0.1, -0.05) is 31.4 Å². The fourth-order valence-corrected chi connectivity index (χ4v) is 1.73. The molecule has 0 saturated carbocycles. The van der Waals surface area contributed by atoms with Crippen LogP contribution in [0.1, 0.15) is 36.5 Å². The number of rotatable bonds is 2. The van der Waals surface area contributed by atoms with Gasteiger partial charge in [-0.3, -0.25) is 0 Å². The van der Waals surface area contributed by atoms with Crippen molar-refractivity contribution in [3.05, 3.63) is 53.2 Å². The minimum absolute atomic E-state index is 0. The number of nitrogens with zero attached hydrogens (tertiary/aromatic N) is 1. The van der Waals surface area contributed by atoms with E-state index in [1.807, 2.05) is 6.20 Å². The summed E-state index contributed by atoms with van der Waals surface area (Å²) in [7, 11) is 0. The second-order valence-electron chi connectivity index (χ2n) is 4.84. The van der Waals surface area contributed by atoms with Crippen LogP contribution < -0.4 is 0 Å². The van der Waals surface area contributed by atoms with Crippen molar-refractivity contribution in [3.63, 3.8) is 0 Å². The molecule has 0 aliphatic rings. The third-order valence-electron chi connectivity index (χ3n) is 3.15. The summed E-state index contributed by atoms with van der Waals surface area (Å²) in [4.78, 5) is 4.45. The molecule has 0 N–H and O–H groups in total. The maximum absolute atomic E-state index is 4.45. The summed E-state index contributed by atoms with van der Waals surface area (Å²) in [6, 6.07) is 11.8. The quantitative estimate of drug-likeness (QED) is 0.666. The van der Waals surface area contributed by atoms with E-state index >= 15 is 0 Å². The van der Waals surface area contributed by atoms with Gasteiger partial charge in [-0.15, -0.1) is 35.4 Å². The minimum Gasteiger partial charge on any atom is -0.304 e. The van der Waals surface area contributed by atoms with Crippen LogP contribution in [0.4, 0.5) is 0 Å². The van der Waals surface area contributed by atoms with Gasteiger partial charge in [-0.2, -0.15) is 0 Å². The fourth-order valence-electron chi connectivity index (χ4n) is 1.73. The van der Waals surface area contributed by atoms with E-state index in [-0.39, 0.29) is 20.1 Å². The first-order chi connectivity index (χ1) is 8.08. The predicted octanol–water partition coefficient (Wildman–Crippen LogP) is 4.29. The van der Waals surface area contributed by atoms with Gasteiger partial charge in [0.2, 0.25) is 0 Å². The van der Waals surface area contributed by atoms with E-state index in [2.05, 4.69) is 63.0 Å². The molecule has 0 saturated heterocycles. The van der Waals surface area contributed by atoms with Gasteiger partial charge in [0.1, 0.15) is 0 Å². The van der Waals surface area contributed by atoms with Crippen LogP contribution in [0.2, 0.25) is 0 Å². The maximum atomic E-state index is 4.45. The van der Waals surface area contributed by atoms with Crippen molar-refractivity contribution in [2.75, 3.05) is 0 Å².